The topological polar surface area (TPSA) is 128 Å². The van der Waals surface area contributed by atoms with Crippen molar-refractivity contribution in [3.63, 3.8) is 0 Å². The van der Waals surface area contributed by atoms with Gasteiger partial charge in [-0.1, -0.05) is 0 Å². The molecule has 1 amide bonds. The van der Waals surface area contributed by atoms with Crippen LogP contribution in [-0.2, 0) is 19.6 Å². The minimum atomic E-state index is -3.83. The summed E-state index contributed by atoms with van der Waals surface area (Å²) in [5.41, 5.74) is 1.37. The Hall–Kier alpha value is -4.18. The van der Waals surface area contributed by atoms with Gasteiger partial charge >= 0.3 is 5.97 Å². The van der Waals surface area contributed by atoms with Gasteiger partial charge in [-0.05, 0) is 86.6 Å². The Morgan fingerprint density at radius 3 is 1.94 bits per heavy atom. The fraction of sp³-hybridized carbons (Fsp3) is 0.160. The number of rotatable bonds is 10. The van der Waals surface area contributed by atoms with E-state index in [9.17, 15) is 22.8 Å². The van der Waals surface area contributed by atoms with Gasteiger partial charge in [0.05, 0.1) is 17.1 Å². The monoisotopic (exact) mass is 496 g/mol. The predicted octanol–water partition coefficient (Wildman–Crippen LogP) is 3.88. The smallest absolute Gasteiger partial charge is 0.338 e. The van der Waals surface area contributed by atoms with Crippen LogP contribution in [0.4, 0.5) is 11.4 Å². The fourth-order valence-electron chi connectivity index (χ4n) is 2.97. The fourth-order valence-corrected chi connectivity index (χ4v) is 4.03. The number of carbonyl (C=O) groups is 3. The lowest BCUT2D eigenvalue weighted by atomic mass is 10.1. The summed E-state index contributed by atoms with van der Waals surface area (Å²) >= 11 is 0. The van der Waals surface area contributed by atoms with Gasteiger partial charge in [-0.25, -0.2) is 13.2 Å². The lowest BCUT2D eigenvalue weighted by Gasteiger charge is -2.10. The highest BCUT2D eigenvalue weighted by Gasteiger charge is 2.16. The van der Waals surface area contributed by atoms with Gasteiger partial charge in [-0.3, -0.25) is 14.3 Å². The maximum absolute atomic E-state index is 12.6. The lowest BCUT2D eigenvalue weighted by Crippen LogP contribution is -2.21. The van der Waals surface area contributed by atoms with Crippen LogP contribution in [0.3, 0.4) is 0 Å². The summed E-state index contributed by atoms with van der Waals surface area (Å²) in [7, 11) is -3.83. The van der Waals surface area contributed by atoms with E-state index in [1.54, 1.807) is 36.4 Å². The molecule has 182 valence electrons. The number of esters is 1. The molecule has 0 unspecified atom stereocenters. The number of amides is 1. The first-order valence-corrected chi connectivity index (χ1v) is 12.1. The molecule has 0 aliphatic rings. The van der Waals surface area contributed by atoms with E-state index >= 15 is 0 Å². The first-order valence-electron chi connectivity index (χ1n) is 10.6. The molecule has 0 heterocycles. The highest BCUT2D eigenvalue weighted by molar-refractivity contribution is 7.92. The molecule has 0 fully saturated rings. The van der Waals surface area contributed by atoms with E-state index < -0.39 is 28.5 Å². The molecule has 0 radical (unpaired) electrons. The van der Waals surface area contributed by atoms with E-state index in [0.29, 0.717) is 23.6 Å². The second-order valence-electron chi connectivity index (χ2n) is 7.35. The summed E-state index contributed by atoms with van der Waals surface area (Å²) in [6.07, 6.45) is 0. The van der Waals surface area contributed by atoms with Gasteiger partial charge in [-0.15, -0.1) is 0 Å². The van der Waals surface area contributed by atoms with E-state index in [1.165, 1.54) is 43.3 Å². The third-order valence-corrected chi connectivity index (χ3v) is 6.12. The minimum absolute atomic E-state index is 0.0615. The number of hydrogen-bond donors (Lipinski definition) is 2. The summed E-state index contributed by atoms with van der Waals surface area (Å²) in [4.78, 5) is 35.6. The molecule has 2 N–H and O–H groups in total. The van der Waals surface area contributed by atoms with Crippen molar-refractivity contribution in [2.75, 3.05) is 23.3 Å². The van der Waals surface area contributed by atoms with E-state index in [0.717, 1.165) is 0 Å². The van der Waals surface area contributed by atoms with Gasteiger partial charge in [0.25, 0.3) is 15.9 Å². The molecule has 3 aromatic carbocycles. The van der Waals surface area contributed by atoms with Crippen LogP contribution in [-0.4, -0.2) is 39.3 Å². The number of ketones is 1. The largest absolute Gasteiger partial charge is 0.494 e. The van der Waals surface area contributed by atoms with Crippen LogP contribution in [0.5, 0.6) is 5.75 Å². The van der Waals surface area contributed by atoms with Gasteiger partial charge in [0.15, 0.2) is 12.4 Å². The third kappa shape index (κ3) is 7.15. The van der Waals surface area contributed by atoms with Gasteiger partial charge in [-0.2, -0.15) is 0 Å². The van der Waals surface area contributed by atoms with Crippen molar-refractivity contribution in [2.45, 2.75) is 18.7 Å². The van der Waals surface area contributed by atoms with Crippen LogP contribution in [0.1, 0.15) is 34.6 Å². The Morgan fingerprint density at radius 2 is 1.37 bits per heavy atom. The van der Waals surface area contributed by atoms with E-state index in [-0.39, 0.29) is 21.9 Å². The van der Waals surface area contributed by atoms with Crippen molar-refractivity contribution >= 4 is 39.1 Å². The molecule has 10 heteroatoms. The van der Waals surface area contributed by atoms with Crippen LogP contribution in [0.25, 0.3) is 0 Å². The van der Waals surface area contributed by atoms with Crippen LogP contribution in [0.15, 0.2) is 77.7 Å². The highest BCUT2D eigenvalue weighted by Crippen LogP contribution is 2.20. The molecule has 9 nitrogen and oxygen atoms in total. The predicted molar refractivity (Wildman–Crippen MR) is 130 cm³/mol. The average Bonchev–Trinajstić information content (AvgIpc) is 2.83. The molecular formula is C25H24N2O7S. The molecule has 0 bridgehead atoms. The van der Waals surface area contributed by atoms with E-state index in [2.05, 4.69) is 10.0 Å². The summed E-state index contributed by atoms with van der Waals surface area (Å²) in [5, 5.41) is 2.56. The second-order valence-corrected chi connectivity index (χ2v) is 9.03. The van der Waals surface area contributed by atoms with E-state index in [1.807, 2.05) is 6.92 Å². The normalized spacial score (nSPS) is 10.8. The maximum atomic E-state index is 12.6. The zero-order valence-corrected chi connectivity index (χ0v) is 19.9. The number of Topliss-reactive ketones (excluding diaryl/α,β-unsaturated/α-hetero) is 1. The molecule has 35 heavy (non-hydrogen) atoms. The molecule has 3 rings (SSSR count). The van der Waals surface area contributed by atoms with Crippen molar-refractivity contribution in [2.24, 2.45) is 0 Å². The first-order chi connectivity index (χ1) is 16.7. The number of hydrogen-bond acceptors (Lipinski definition) is 7. The van der Waals surface area contributed by atoms with Crippen molar-refractivity contribution in [3.8, 4) is 5.75 Å². The molecule has 0 saturated heterocycles. The summed E-state index contributed by atoms with van der Waals surface area (Å²) in [6.45, 7) is 3.23. The molecule has 0 saturated carbocycles. The minimum Gasteiger partial charge on any atom is -0.494 e. The molecule has 0 aliphatic carbocycles. The van der Waals surface area contributed by atoms with Crippen LogP contribution in [0.2, 0.25) is 0 Å². The lowest BCUT2D eigenvalue weighted by molar-refractivity contribution is -0.119. The summed E-state index contributed by atoms with van der Waals surface area (Å²) in [5.74, 6) is -0.817. The summed E-state index contributed by atoms with van der Waals surface area (Å²) in [6, 6.07) is 17.9. The number of benzene rings is 3. The molecule has 0 atom stereocenters. The Kier molecular flexibility index (Phi) is 8.21. The number of carbonyl (C=O) groups excluding carboxylic acids is 3. The standard InChI is InChI=1S/C25H24N2O7S/c1-3-33-22-12-14-23(15-13-22)35(31,32)27-21-10-6-19(7-11-21)25(30)34-16-24(29)26-20-8-4-18(5-9-20)17(2)28/h4-15,27H,3,16H2,1-2H3,(H,26,29). The van der Waals surface area contributed by atoms with Crippen molar-refractivity contribution in [3.05, 3.63) is 83.9 Å². The molecule has 0 aliphatic heterocycles. The number of anilines is 2. The quantitative estimate of drug-likeness (QED) is 0.322. The molecule has 3 aromatic rings. The van der Waals surface area contributed by atoms with Crippen molar-refractivity contribution < 1.29 is 32.3 Å². The van der Waals surface area contributed by atoms with E-state index in [4.69, 9.17) is 9.47 Å². The van der Waals surface area contributed by atoms with Gasteiger partial charge in [0.1, 0.15) is 5.75 Å². The first kappa shape index (κ1) is 25.4. The average molecular weight is 497 g/mol. The Bertz CT molecular complexity index is 1300. The maximum Gasteiger partial charge on any atom is 0.338 e. The summed E-state index contributed by atoms with van der Waals surface area (Å²) < 4.78 is 37.9. The number of nitrogens with one attached hydrogen (secondary N) is 2. The van der Waals surface area contributed by atoms with Gasteiger partial charge in [0, 0.05) is 16.9 Å². The third-order valence-electron chi connectivity index (χ3n) is 4.73. The molecular weight excluding hydrogens is 472 g/mol. The Labute approximate surface area is 203 Å². The number of ether oxygens (including phenoxy) is 2. The van der Waals surface area contributed by atoms with Crippen LogP contribution < -0.4 is 14.8 Å². The molecule has 0 spiro atoms. The van der Waals surface area contributed by atoms with Gasteiger partial charge in [0.2, 0.25) is 0 Å². The Balaban J connectivity index is 1.53. The SMILES string of the molecule is CCOc1ccc(S(=O)(=O)Nc2ccc(C(=O)OCC(=O)Nc3ccc(C(C)=O)cc3)cc2)cc1. The van der Waals surface area contributed by atoms with Crippen molar-refractivity contribution in [1.82, 2.24) is 0 Å². The highest BCUT2D eigenvalue weighted by atomic mass is 32.2. The zero-order chi connectivity index (χ0) is 25.4. The van der Waals surface area contributed by atoms with Crippen LogP contribution in [0, 0.1) is 0 Å². The Morgan fingerprint density at radius 1 is 0.800 bits per heavy atom. The number of sulfonamides is 1. The second kappa shape index (κ2) is 11.3. The van der Waals surface area contributed by atoms with Gasteiger partial charge < -0.3 is 14.8 Å². The molecule has 0 aromatic heterocycles. The zero-order valence-electron chi connectivity index (χ0n) is 19.1. The van der Waals surface area contributed by atoms with Crippen LogP contribution >= 0.6 is 0 Å². The van der Waals surface area contributed by atoms with Crippen molar-refractivity contribution in [1.29, 1.82) is 0 Å².